The van der Waals surface area contributed by atoms with Crippen molar-refractivity contribution in [2.24, 2.45) is 5.92 Å². The van der Waals surface area contributed by atoms with Crippen molar-refractivity contribution < 1.29 is 5.11 Å². The minimum absolute atomic E-state index is 0.278. The van der Waals surface area contributed by atoms with Gasteiger partial charge in [0.2, 0.25) is 0 Å². The average molecular weight is 270 g/mol. The summed E-state index contributed by atoms with van der Waals surface area (Å²) >= 11 is 0. The van der Waals surface area contributed by atoms with Gasteiger partial charge in [0.05, 0.1) is 5.60 Å². The summed E-state index contributed by atoms with van der Waals surface area (Å²) in [6.45, 7) is 8.20. The maximum Gasteiger partial charge on any atom is 0.0766 e. The van der Waals surface area contributed by atoms with Crippen molar-refractivity contribution in [2.45, 2.75) is 70.4 Å². The fourth-order valence-electron chi connectivity index (χ4n) is 3.39. The highest BCUT2D eigenvalue weighted by Gasteiger charge is 2.37. The highest BCUT2D eigenvalue weighted by molar-refractivity contribution is 4.95. The van der Waals surface area contributed by atoms with Crippen LogP contribution in [-0.4, -0.2) is 48.3 Å². The summed E-state index contributed by atoms with van der Waals surface area (Å²) in [5.41, 5.74) is -0.256. The maximum atomic E-state index is 10.4. The van der Waals surface area contributed by atoms with E-state index in [0.717, 1.165) is 25.3 Å². The van der Waals surface area contributed by atoms with Crippen molar-refractivity contribution in [3.8, 4) is 0 Å². The standard InChI is InChI=1S/C16H34N2O/c1-6-16(19,7-2)13-17-12-15(18(4)5)10-8-9-14(3)11-15/h14,17,19H,6-13H2,1-5H3. The molecule has 1 aliphatic carbocycles. The zero-order valence-corrected chi connectivity index (χ0v) is 13.6. The van der Waals surface area contributed by atoms with Crippen molar-refractivity contribution in [3.05, 3.63) is 0 Å². The van der Waals surface area contributed by atoms with Gasteiger partial charge in [0.15, 0.2) is 0 Å². The highest BCUT2D eigenvalue weighted by Crippen LogP contribution is 2.35. The van der Waals surface area contributed by atoms with Gasteiger partial charge in [-0.05, 0) is 45.7 Å². The zero-order chi connectivity index (χ0) is 14.5. The molecule has 0 saturated heterocycles. The SMILES string of the molecule is CCC(O)(CC)CNCC1(N(C)C)CCCC(C)C1. The second-order valence-electron chi connectivity index (χ2n) is 6.86. The summed E-state index contributed by atoms with van der Waals surface area (Å²) in [4.78, 5) is 2.40. The molecule has 1 saturated carbocycles. The Hall–Kier alpha value is -0.120. The van der Waals surface area contributed by atoms with Crippen LogP contribution in [0.5, 0.6) is 0 Å². The summed E-state index contributed by atoms with van der Waals surface area (Å²) < 4.78 is 0. The first-order chi connectivity index (χ1) is 8.87. The monoisotopic (exact) mass is 270 g/mol. The van der Waals surface area contributed by atoms with Gasteiger partial charge in [-0.25, -0.2) is 0 Å². The molecule has 3 nitrogen and oxygen atoms in total. The van der Waals surface area contributed by atoms with E-state index in [-0.39, 0.29) is 5.54 Å². The van der Waals surface area contributed by atoms with Gasteiger partial charge in [0.25, 0.3) is 0 Å². The molecule has 1 aliphatic rings. The van der Waals surface area contributed by atoms with Crippen LogP contribution in [0.25, 0.3) is 0 Å². The Morgan fingerprint density at radius 1 is 1.32 bits per heavy atom. The molecule has 0 bridgehead atoms. The molecule has 0 spiro atoms. The molecular weight excluding hydrogens is 236 g/mol. The molecule has 2 unspecified atom stereocenters. The van der Waals surface area contributed by atoms with E-state index in [1.165, 1.54) is 25.7 Å². The van der Waals surface area contributed by atoms with Gasteiger partial charge in [0, 0.05) is 18.6 Å². The molecule has 0 aromatic carbocycles. The topological polar surface area (TPSA) is 35.5 Å². The Labute approximate surface area is 119 Å². The lowest BCUT2D eigenvalue weighted by Gasteiger charge is -2.46. The first-order valence-electron chi connectivity index (χ1n) is 7.98. The van der Waals surface area contributed by atoms with E-state index >= 15 is 0 Å². The fraction of sp³-hybridized carbons (Fsp3) is 1.00. The quantitative estimate of drug-likeness (QED) is 0.746. The smallest absolute Gasteiger partial charge is 0.0766 e. The van der Waals surface area contributed by atoms with Crippen LogP contribution in [0.3, 0.4) is 0 Å². The molecule has 1 fully saturated rings. The normalized spacial score (nSPS) is 28.9. The third-order valence-electron chi connectivity index (χ3n) is 5.24. The van der Waals surface area contributed by atoms with Crippen LogP contribution in [-0.2, 0) is 0 Å². The first kappa shape index (κ1) is 16.9. The molecule has 114 valence electrons. The van der Waals surface area contributed by atoms with Gasteiger partial charge < -0.3 is 15.3 Å². The first-order valence-corrected chi connectivity index (χ1v) is 7.98. The van der Waals surface area contributed by atoms with Crippen LogP contribution in [0.4, 0.5) is 0 Å². The maximum absolute atomic E-state index is 10.4. The number of hydrogen-bond acceptors (Lipinski definition) is 3. The third-order valence-corrected chi connectivity index (χ3v) is 5.24. The van der Waals surface area contributed by atoms with Gasteiger partial charge >= 0.3 is 0 Å². The Morgan fingerprint density at radius 3 is 2.42 bits per heavy atom. The van der Waals surface area contributed by atoms with Gasteiger partial charge in [-0.2, -0.15) is 0 Å². The van der Waals surface area contributed by atoms with Gasteiger partial charge in [-0.3, -0.25) is 0 Å². The molecule has 3 heteroatoms. The number of aliphatic hydroxyl groups is 1. The Kier molecular flexibility index (Phi) is 6.28. The molecule has 1 rings (SSSR count). The van der Waals surface area contributed by atoms with Crippen molar-refractivity contribution >= 4 is 0 Å². The van der Waals surface area contributed by atoms with E-state index in [1.54, 1.807) is 0 Å². The molecule has 19 heavy (non-hydrogen) atoms. The summed E-state index contributed by atoms with van der Waals surface area (Å²) in [5.74, 6) is 0.814. The van der Waals surface area contributed by atoms with Crippen LogP contribution < -0.4 is 5.32 Å². The molecule has 2 N–H and O–H groups in total. The minimum Gasteiger partial charge on any atom is -0.389 e. The summed E-state index contributed by atoms with van der Waals surface area (Å²) in [5, 5.41) is 13.9. The number of hydrogen-bond donors (Lipinski definition) is 2. The van der Waals surface area contributed by atoms with Crippen LogP contribution >= 0.6 is 0 Å². The van der Waals surface area contributed by atoms with Crippen molar-refractivity contribution in [2.75, 3.05) is 27.2 Å². The van der Waals surface area contributed by atoms with Crippen LogP contribution in [0.15, 0.2) is 0 Å². The second kappa shape index (κ2) is 7.05. The molecule has 0 aromatic rings. The predicted octanol–water partition coefficient (Wildman–Crippen LogP) is 2.64. The molecule has 0 heterocycles. The summed E-state index contributed by atoms with van der Waals surface area (Å²) in [7, 11) is 4.40. The lowest BCUT2D eigenvalue weighted by Crippen LogP contribution is -2.56. The van der Waals surface area contributed by atoms with E-state index < -0.39 is 5.60 Å². The van der Waals surface area contributed by atoms with E-state index in [2.05, 4.69) is 45.1 Å². The van der Waals surface area contributed by atoms with Gasteiger partial charge in [-0.1, -0.05) is 33.6 Å². The van der Waals surface area contributed by atoms with Crippen molar-refractivity contribution in [3.63, 3.8) is 0 Å². The van der Waals surface area contributed by atoms with Crippen LogP contribution in [0, 0.1) is 5.92 Å². The lowest BCUT2D eigenvalue weighted by molar-refractivity contribution is 0.0217. The predicted molar refractivity (Wildman–Crippen MR) is 82.5 cm³/mol. The lowest BCUT2D eigenvalue weighted by atomic mass is 9.75. The molecule has 0 amide bonds. The highest BCUT2D eigenvalue weighted by atomic mass is 16.3. The molecular formula is C16H34N2O. The van der Waals surface area contributed by atoms with Gasteiger partial charge in [0.1, 0.15) is 0 Å². The van der Waals surface area contributed by atoms with Gasteiger partial charge in [-0.15, -0.1) is 0 Å². The van der Waals surface area contributed by atoms with E-state index in [9.17, 15) is 5.11 Å². The van der Waals surface area contributed by atoms with Crippen LogP contribution in [0.1, 0.15) is 59.3 Å². The van der Waals surface area contributed by atoms with E-state index in [0.29, 0.717) is 6.54 Å². The Morgan fingerprint density at radius 2 is 1.95 bits per heavy atom. The van der Waals surface area contributed by atoms with Crippen LogP contribution in [0.2, 0.25) is 0 Å². The van der Waals surface area contributed by atoms with E-state index in [1.807, 2.05) is 0 Å². The van der Waals surface area contributed by atoms with E-state index in [4.69, 9.17) is 0 Å². The number of likely N-dealkylation sites (N-methyl/N-ethyl adjacent to an activating group) is 1. The average Bonchev–Trinajstić information content (AvgIpc) is 2.38. The zero-order valence-electron chi connectivity index (χ0n) is 13.6. The molecule has 0 aromatic heterocycles. The number of nitrogens with zero attached hydrogens (tertiary/aromatic N) is 1. The third kappa shape index (κ3) is 4.44. The summed E-state index contributed by atoms with van der Waals surface area (Å²) in [6, 6.07) is 0. The minimum atomic E-state index is -0.534. The number of nitrogens with one attached hydrogen (secondary N) is 1. The van der Waals surface area contributed by atoms with Crippen molar-refractivity contribution in [1.82, 2.24) is 10.2 Å². The number of rotatable bonds is 7. The molecule has 0 aliphatic heterocycles. The molecule has 2 atom stereocenters. The summed E-state index contributed by atoms with van der Waals surface area (Å²) in [6.07, 6.45) is 6.87. The second-order valence-corrected chi connectivity index (χ2v) is 6.86. The fourth-order valence-corrected chi connectivity index (χ4v) is 3.39. The Balaban J connectivity index is 2.55. The Bertz CT molecular complexity index is 263. The van der Waals surface area contributed by atoms with Crippen molar-refractivity contribution in [1.29, 1.82) is 0 Å². The molecule has 0 radical (unpaired) electrons. The largest absolute Gasteiger partial charge is 0.389 e.